The van der Waals surface area contributed by atoms with Gasteiger partial charge in [0.15, 0.2) is 0 Å². The predicted octanol–water partition coefficient (Wildman–Crippen LogP) is 2.24. The maximum absolute atomic E-state index is 12.4. The molecule has 0 amide bonds. The first-order valence-electron chi connectivity index (χ1n) is 7.10. The molecule has 1 fully saturated rings. The summed E-state index contributed by atoms with van der Waals surface area (Å²) < 4.78 is 5.25. The highest BCUT2D eigenvalue weighted by atomic mass is 35.5. The molecule has 0 spiro atoms. The Balaban J connectivity index is 2.28. The number of hydrogen-bond acceptors (Lipinski definition) is 4. The van der Waals surface area contributed by atoms with E-state index >= 15 is 0 Å². The van der Waals surface area contributed by atoms with E-state index in [0.717, 1.165) is 38.2 Å². The van der Waals surface area contributed by atoms with Gasteiger partial charge in [0.25, 0.3) is 0 Å². The highest BCUT2D eigenvalue weighted by molar-refractivity contribution is 6.31. The van der Waals surface area contributed by atoms with Crippen molar-refractivity contribution < 1.29 is 9.53 Å². The van der Waals surface area contributed by atoms with Crippen LogP contribution < -0.4 is 5.32 Å². The Bertz CT molecular complexity index is 445. The van der Waals surface area contributed by atoms with Crippen molar-refractivity contribution in [2.45, 2.75) is 19.4 Å². The van der Waals surface area contributed by atoms with Crippen molar-refractivity contribution >= 4 is 17.6 Å². The molecule has 1 aliphatic heterocycles. The van der Waals surface area contributed by atoms with Gasteiger partial charge in [-0.25, -0.2) is 4.79 Å². The van der Waals surface area contributed by atoms with Crippen LogP contribution in [-0.4, -0.2) is 43.7 Å². The lowest BCUT2D eigenvalue weighted by atomic mass is 10.0. The van der Waals surface area contributed by atoms with E-state index in [1.807, 2.05) is 31.2 Å². The molecule has 0 bridgehead atoms. The summed E-state index contributed by atoms with van der Waals surface area (Å²) in [6.07, 6.45) is 1.01. The summed E-state index contributed by atoms with van der Waals surface area (Å²) in [7, 11) is 0. The SMILES string of the molecule is CCOC(=O)C(c1ccccc1Cl)N1CCCNCC1. The van der Waals surface area contributed by atoms with E-state index < -0.39 is 6.04 Å². The Kier molecular flexibility index (Phi) is 5.83. The Morgan fingerprint density at radius 2 is 2.20 bits per heavy atom. The van der Waals surface area contributed by atoms with Gasteiger partial charge in [0.2, 0.25) is 0 Å². The molecule has 1 aromatic rings. The monoisotopic (exact) mass is 296 g/mol. The number of hydrogen-bond donors (Lipinski definition) is 1. The lowest BCUT2D eigenvalue weighted by molar-refractivity contribution is -0.149. The molecule has 0 aliphatic carbocycles. The van der Waals surface area contributed by atoms with Gasteiger partial charge in [-0.2, -0.15) is 0 Å². The summed E-state index contributed by atoms with van der Waals surface area (Å²) in [6.45, 7) is 5.74. The van der Waals surface area contributed by atoms with Crippen LogP contribution in [-0.2, 0) is 9.53 Å². The summed E-state index contributed by atoms with van der Waals surface area (Å²) in [5.74, 6) is -0.220. The molecule has 4 nitrogen and oxygen atoms in total. The van der Waals surface area contributed by atoms with Crippen molar-refractivity contribution in [1.29, 1.82) is 0 Å². The molecule has 1 atom stereocenters. The van der Waals surface area contributed by atoms with Gasteiger partial charge in [0, 0.05) is 24.7 Å². The minimum atomic E-state index is -0.413. The summed E-state index contributed by atoms with van der Waals surface area (Å²) in [5.41, 5.74) is 0.828. The van der Waals surface area contributed by atoms with Crippen LogP contribution in [0.2, 0.25) is 5.02 Å². The Morgan fingerprint density at radius 1 is 1.40 bits per heavy atom. The normalized spacial score (nSPS) is 18.3. The van der Waals surface area contributed by atoms with Gasteiger partial charge in [-0.05, 0) is 31.5 Å². The third-order valence-electron chi connectivity index (χ3n) is 3.45. The van der Waals surface area contributed by atoms with E-state index in [-0.39, 0.29) is 5.97 Å². The fourth-order valence-corrected chi connectivity index (χ4v) is 2.75. The smallest absolute Gasteiger partial charge is 0.328 e. The molecule has 1 N–H and O–H groups in total. The molecule has 1 unspecified atom stereocenters. The summed E-state index contributed by atoms with van der Waals surface area (Å²) in [6, 6.07) is 7.09. The maximum Gasteiger partial charge on any atom is 0.328 e. The van der Waals surface area contributed by atoms with Crippen LogP contribution >= 0.6 is 11.6 Å². The third-order valence-corrected chi connectivity index (χ3v) is 3.79. The number of carbonyl (C=O) groups is 1. The zero-order valence-electron chi connectivity index (χ0n) is 11.8. The summed E-state index contributed by atoms with van der Waals surface area (Å²) in [5, 5.41) is 3.96. The Labute approximate surface area is 125 Å². The lowest BCUT2D eigenvalue weighted by Gasteiger charge is -2.29. The fourth-order valence-electron chi connectivity index (χ4n) is 2.52. The number of rotatable bonds is 4. The van der Waals surface area contributed by atoms with Gasteiger partial charge < -0.3 is 10.1 Å². The molecule has 20 heavy (non-hydrogen) atoms. The second-order valence-corrected chi connectivity index (χ2v) is 5.22. The maximum atomic E-state index is 12.4. The molecule has 0 radical (unpaired) electrons. The van der Waals surface area contributed by atoms with Crippen molar-refractivity contribution in [2.24, 2.45) is 0 Å². The molecule has 110 valence electrons. The zero-order valence-corrected chi connectivity index (χ0v) is 12.5. The molecule has 5 heteroatoms. The molecule has 1 heterocycles. The van der Waals surface area contributed by atoms with Crippen LogP contribution in [0.4, 0.5) is 0 Å². The van der Waals surface area contributed by atoms with Gasteiger partial charge in [-0.15, -0.1) is 0 Å². The molecule has 0 aromatic heterocycles. The van der Waals surface area contributed by atoms with Crippen molar-refractivity contribution in [2.75, 3.05) is 32.8 Å². The Morgan fingerprint density at radius 3 is 2.95 bits per heavy atom. The second kappa shape index (κ2) is 7.62. The van der Waals surface area contributed by atoms with Crippen molar-refractivity contribution in [3.05, 3.63) is 34.9 Å². The van der Waals surface area contributed by atoms with E-state index in [4.69, 9.17) is 16.3 Å². The molecular formula is C15H21ClN2O2. The standard InChI is InChI=1S/C15H21ClN2O2/c1-2-20-15(19)14(12-6-3-4-7-13(12)16)18-10-5-8-17-9-11-18/h3-4,6-7,14,17H,2,5,8-11H2,1H3. The van der Waals surface area contributed by atoms with E-state index in [2.05, 4.69) is 10.2 Å². The highest BCUT2D eigenvalue weighted by Crippen LogP contribution is 2.29. The molecule has 1 aliphatic rings. The van der Waals surface area contributed by atoms with Crippen LogP contribution in [0.3, 0.4) is 0 Å². The number of carbonyl (C=O) groups excluding carboxylic acids is 1. The number of esters is 1. The first-order chi connectivity index (χ1) is 9.74. The van der Waals surface area contributed by atoms with Gasteiger partial charge in [0.05, 0.1) is 6.61 Å². The van der Waals surface area contributed by atoms with Crippen LogP contribution in [0.5, 0.6) is 0 Å². The molecule has 1 saturated heterocycles. The predicted molar refractivity (Wildman–Crippen MR) is 79.9 cm³/mol. The van der Waals surface area contributed by atoms with Crippen molar-refractivity contribution in [3.8, 4) is 0 Å². The average Bonchev–Trinajstić information content (AvgIpc) is 2.71. The molecular weight excluding hydrogens is 276 g/mol. The van der Waals surface area contributed by atoms with Crippen LogP contribution in [0.1, 0.15) is 24.9 Å². The Hall–Kier alpha value is -1.10. The van der Waals surface area contributed by atoms with E-state index in [0.29, 0.717) is 11.6 Å². The molecule has 0 saturated carbocycles. The van der Waals surface area contributed by atoms with Crippen LogP contribution in [0.15, 0.2) is 24.3 Å². The van der Waals surface area contributed by atoms with Crippen molar-refractivity contribution in [1.82, 2.24) is 10.2 Å². The number of ether oxygens (including phenoxy) is 1. The first-order valence-corrected chi connectivity index (χ1v) is 7.47. The number of benzene rings is 1. The molecule has 1 aromatic carbocycles. The highest BCUT2D eigenvalue weighted by Gasteiger charge is 2.30. The molecule has 2 rings (SSSR count). The third kappa shape index (κ3) is 3.72. The number of nitrogens with one attached hydrogen (secondary N) is 1. The largest absolute Gasteiger partial charge is 0.465 e. The van der Waals surface area contributed by atoms with Gasteiger partial charge in [-0.3, -0.25) is 4.90 Å². The number of halogens is 1. The minimum Gasteiger partial charge on any atom is -0.465 e. The van der Waals surface area contributed by atoms with Crippen LogP contribution in [0, 0.1) is 0 Å². The fraction of sp³-hybridized carbons (Fsp3) is 0.533. The quantitative estimate of drug-likeness (QED) is 0.865. The zero-order chi connectivity index (χ0) is 14.4. The average molecular weight is 297 g/mol. The lowest BCUT2D eigenvalue weighted by Crippen LogP contribution is -2.37. The summed E-state index contributed by atoms with van der Waals surface area (Å²) in [4.78, 5) is 14.5. The van der Waals surface area contributed by atoms with Crippen molar-refractivity contribution in [3.63, 3.8) is 0 Å². The van der Waals surface area contributed by atoms with Gasteiger partial charge >= 0.3 is 5.97 Å². The van der Waals surface area contributed by atoms with Gasteiger partial charge in [-0.1, -0.05) is 29.8 Å². The topological polar surface area (TPSA) is 41.6 Å². The van der Waals surface area contributed by atoms with Crippen LogP contribution in [0.25, 0.3) is 0 Å². The van der Waals surface area contributed by atoms with E-state index in [1.165, 1.54) is 0 Å². The summed E-state index contributed by atoms with van der Waals surface area (Å²) >= 11 is 6.27. The first kappa shape index (κ1) is 15.3. The van der Waals surface area contributed by atoms with E-state index in [1.54, 1.807) is 0 Å². The minimum absolute atomic E-state index is 0.220. The van der Waals surface area contributed by atoms with Gasteiger partial charge in [0.1, 0.15) is 6.04 Å². The second-order valence-electron chi connectivity index (χ2n) is 4.82. The van der Waals surface area contributed by atoms with E-state index in [9.17, 15) is 4.79 Å². The number of nitrogens with zero attached hydrogens (tertiary/aromatic N) is 1.